The zero-order valence-electron chi connectivity index (χ0n) is 8.36. The fraction of sp³-hybridized carbons (Fsp3) is 0.889. The Kier molecular flexibility index (Phi) is 3.30. The SMILES string of the molecule is COC1CN(C(=O)C2CSCCN2)C1. The molecule has 1 atom stereocenters. The largest absolute Gasteiger partial charge is 0.378 e. The summed E-state index contributed by atoms with van der Waals surface area (Å²) in [6.45, 7) is 2.47. The van der Waals surface area contributed by atoms with Crippen LogP contribution < -0.4 is 5.32 Å². The van der Waals surface area contributed by atoms with Gasteiger partial charge in [0.1, 0.15) is 0 Å². The Bertz CT molecular complexity index is 213. The first kappa shape index (κ1) is 10.3. The molecule has 2 aliphatic heterocycles. The van der Waals surface area contributed by atoms with Gasteiger partial charge in [-0.05, 0) is 0 Å². The van der Waals surface area contributed by atoms with Crippen LogP contribution in [0.1, 0.15) is 0 Å². The van der Waals surface area contributed by atoms with Gasteiger partial charge in [-0.2, -0.15) is 11.8 Å². The van der Waals surface area contributed by atoms with Gasteiger partial charge < -0.3 is 15.0 Å². The molecule has 0 aliphatic carbocycles. The Morgan fingerprint density at radius 3 is 2.93 bits per heavy atom. The molecule has 0 aromatic carbocycles. The highest BCUT2D eigenvalue weighted by Gasteiger charge is 2.34. The number of rotatable bonds is 2. The number of amides is 1. The van der Waals surface area contributed by atoms with E-state index in [1.54, 1.807) is 7.11 Å². The van der Waals surface area contributed by atoms with E-state index in [-0.39, 0.29) is 18.1 Å². The molecular formula is C9H16N2O2S. The van der Waals surface area contributed by atoms with Gasteiger partial charge in [-0.1, -0.05) is 0 Å². The first-order valence-corrected chi connectivity index (χ1v) is 6.09. The van der Waals surface area contributed by atoms with Crippen molar-refractivity contribution < 1.29 is 9.53 Å². The van der Waals surface area contributed by atoms with Crippen LogP contribution in [0.25, 0.3) is 0 Å². The minimum absolute atomic E-state index is 0.0338. The minimum atomic E-state index is 0.0338. The first-order chi connectivity index (χ1) is 6.81. The van der Waals surface area contributed by atoms with E-state index in [0.29, 0.717) is 0 Å². The zero-order valence-corrected chi connectivity index (χ0v) is 9.18. The summed E-state index contributed by atoms with van der Waals surface area (Å²) in [5.41, 5.74) is 0. The fourth-order valence-electron chi connectivity index (χ4n) is 1.71. The lowest BCUT2D eigenvalue weighted by Crippen LogP contribution is -2.60. The number of methoxy groups -OCH3 is 1. The summed E-state index contributed by atoms with van der Waals surface area (Å²) in [5.74, 6) is 2.27. The molecule has 1 amide bonds. The Hall–Kier alpha value is -0.260. The Labute approximate surface area is 88.4 Å². The zero-order chi connectivity index (χ0) is 9.97. The predicted molar refractivity (Wildman–Crippen MR) is 56.5 cm³/mol. The number of hydrogen-bond acceptors (Lipinski definition) is 4. The van der Waals surface area contributed by atoms with Crippen LogP contribution in [0.2, 0.25) is 0 Å². The quantitative estimate of drug-likeness (QED) is 0.679. The maximum Gasteiger partial charge on any atom is 0.240 e. The second kappa shape index (κ2) is 4.51. The third-order valence-corrected chi connectivity index (χ3v) is 3.77. The maximum atomic E-state index is 11.8. The average molecular weight is 216 g/mol. The molecule has 0 aromatic rings. The van der Waals surface area contributed by atoms with Crippen LogP contribution in [0.5, 0.6) is 0 Å². The molecule has 0 saturated carbocycles. The summed E-state index contributed by atoms with van der Waals surface area (Å²) in [6, 6.07) is 0.0338. The summed E-state index contributed by atoms with van der Waals surface area (Å²) in [4.78, 5) is 13.7. The Balaban J connectivity index is 1.78. The van der Waals surface area contributed by atoms with Crippen molar-refractivity contribution in [2.45, 2.75) is 12.1 Å². The predicted octanol–water partition coefficient (Wildman–Crippen LogP) is -0.451. The van der Waals surface area contributed by atoms with Crippen LogP contribution in [-0.2, 0) is 9.53 Å². The lowest BCUT2D eigenvalue weighted by molar-refractivity contribution is -0.144. The molecule has 2 aliphatic rings. The topological polar surface area (TPSA) is 41.6 Å². The number of likely N-dealkylation sites (tertiary alicyclic amines) is 1. The summed E-state index contributed by atoms with van der Waals surface area (Å²) in [6.07, 6.45) is 0.259. The van der Waals surface area contributed by atoms with Crippen LogP contribution in [0.4, 0.5) is 0 Å². The highest BCUT2D eigenvalue weighted by Crippen LogP contribution is 2.15. The molecule has 2 fully saturated rings. The average Bonchev–Trinajstić information content (AvgIpc) is 2.17. The molecule has 14 heavy (non-hydrogen) atoms. The van der Waals surface area contributed by atoms with Crippen LogP contribution in [0.15, 0.2) is 0 Å². The molecule has 0 aromatic heterocycles. The van der Waals surface area contributed by atoms with E-state index < -0.39 is 0 Å². The lowest BCUT2D eigenvalue weighted by atomic mass is 10.1. The number of nitrogens with zero attached hydrogens (tertiary/aromatic N) is 1. The van der Waals surface area contributed by atoms with E-state index in [1.165, 1.54) is 0 Å². The minimum Gasteiger partial charge on any atom is -0.378 e. The van der Waals surface area contributed by atoms with Crippen LogP contribution >= 0.6 is 11.8 Å². The third kappa shape index (κ3) is 2.04. The summed E-state index contributed by atoms with van der Waals surface area (Å²) < 4.78 is 5.13. The number of ether oxygens (including phenoxy) is 1. The monoisotopic (exact) mass is 216 g/mol. The molecule has 1 unspecified atom stereocenters. The summed E-state index contributed by atoms with van der Waals surface area (Å²) in [7, 11) is 1.70. The first-order valence-electron chi connectivity index (χ1n) is 4.94. The van der Waals surface area contributed by atoms with Crippen molar-refractivity contribution in [3.05, 3.63) is 0 Å². The van der Waals surface area contributed by atoms with Gasteiger partial charge in [0.15, 0.2) is 0 Å². The molecule has 0 spiro atoms. The van der Waals surface area contributed by atoms with Crippen molar-refractivity contribution in [2.24, 2.45) is 0 Å². The fourth-order valence-corrected chi connectivity index (χ4v) is 2.64. The third-order valence-electron chi connectivity index (χ3n) is 2.71. The summed E-state index contributed by atoms with van der Waals surface area (Å²) in [5, 5.41) is 3.25. The maximum absolute atomic E-state index is 11.8. The number of carbonyl (C=O) groups excluding carboxylic acids is 1. The normalized spacial score (nSPS) is 28.6. The van der Waals surface area contributed by atoms with Gasteiger partial charge in [-0.3, -0.25) is 4.79 Å². The van der Waals surface area contributed by atoms with Crippen LogP contribution in [-0.4, -0.2) is 61.2 Å². The second-order valence-electron chi connectivity index (χ2n) is 3.68. The summed E-state index contributed by atoms with van der Waals surface area (Å²) >= 11 is 1.85. The number of thioether (sulfide) groups is 1. The van der Waals surface area contributed by atoms with Gasteiger partial charge in [-0.25, -0.2) is 0 Å². The molecular weight excluding hydrogens is 200 g/mol. The van der Waals surface area contributed by atoms with E-state index in [4.69, 9.17) is 4.74 Å². The van der Waals surface area contributed by atoms with Gasteiger partial charge in [0, 0.05) is 38.2 Å². The van der Waals surface area contributed by atoms with E-state index in [2.05, 4.69) is 5.32 Å². The van der Waals surface area contributed by atoms with Crippen molar-refractivity contribution in [3.8, 4) is 0 Å². The highest BCUT2D eigenvalue weighted by molar-refractivity contribution is 7.99. The van der Waals surface area contributed by atoms with E-state index in [9.17, 15) is 4.79 Å². The molecule has 1 N–H and O–H groups in total. The molecule has 4 nitrogen and oxygen atoms in total. The van der Waals surface area contributed by atoms with Gasteiger partial charge in [0.05, 0.1) is 12.1 Å². The lowest BCUT2D eigenvalue weighted by Gasteiger charge is -2.40. The number of carbonyl (C=O) groups is 1. The molecule has 2 rings (SSSR count). The van der Waals surface area contributed by atoms with E-state index in [1.807, 2.05) is 16.7 Å². The number of hydrogen-bond donors (Lipinski definition) is 1. The van der Waals surface area contributed by atoms with E-state index in [0.717, 1.165) is 31.1 Å². The molecule has 80 valence electrons. The van der Waals surface area contributed by atoms with Crippen molar-refractivity contribution in [1.82, 2.24) is 10.2 Å². The van der Waals surface area contributed by atoms with Crippen molar-refractivity contribution in [3.63, 3.8) is 0 Å². The Morgan fingerprint density at radius 1 is 1.57 bits per heavy atom. The molecule has 2 heterocycles. The molecule has 0 bridgehead atoms. The van der Waals surface area contributed by atoms with Crippen molar-refractivity contribution in [1.29, 1.82) is 0 Å². The second-order valence-corrected chi connectivity index (χ2v) is 4.83. The molecule has 0 radical (unpaired) electrons. The van der Waals surface area contributed by atoms with Gasteiger partial charge in [0.25, 0.3) is 0 Å². The van der Waals surface area contributed by atoms with Gasteiger partial charge >= 0.3 is 0 Å². The molecule has 5 heteroatoms. The van der Waals surface area contributed by atoms with Crippen molar-refractivity contribution >= 4 is 17.7 Å². The number of nitrogens with one attached hydrogen (secondary N) is 1. The van der Waals surface area contributed by atoms with Gasteiger partial charge in [-0.15, -0.1) is 0 Å². The highest BCUT2D eigenvalue weighted by atomic mass is 32.2. The Morgan fingerprint density at radius 2 is 2.36 bits per heavy atom. The van der Waals surface area contributed by atoms with Crippen LogP contribution in [0, 0.1) is 0 Å². The molecule has 2 saturated heterocycles. The van der Waals surface area contributed by atoms with Gasteiger partial charge in [0.2, 0.25) is 5.91 Å². The van der Waals surface area contributed by atoms with Crippen LogP contribution in [0.3, 0.4) is 0 Å². The smallest absolute Gasteiger partial charge is 0.240 e. The van der Waals surface area contributed by atoms with E-state index >= 15 is 0 Å². The standard InChI is InChI=1S/C9H16N2O2S/c1-13-7-4-11(5-7)9(12)8-6-14-3-2-10-8/h7-8,10H,2-6H2,1H3. The van der Waals surface area contributed by atoms with Crippen molar-refractivity contribution in [2.75, 3.05) is 38.2 Å².